The fourth-order valence-electron chi connectivity index (χ4n) is 1.62. The van der Waals surface area contributed by atoms with Gasteiger partial charge < -0.3 is 10.6 Å². The summed E-state index contributed by atoms with van der Waals surface area (Å²) in [6.45, 7) is 6.05. The average molecular weight is 269 g/mol. The third-order valence-corrected chi connectivity index (χ3v) is 2.56. The van der Waals surface area contributed by atoms with Crippen LogP contribution in [-0.2, 0) is 6.42 Å². The second-order valence-electron chi connectivity index (χ2n) is 4.15. The van der Waals surface area contributed by atoms with Gasteiger partial charge in [0, 0.05) is 19.6 Å². The largest absolute Gasteiger partial charge is 0.357 e. The molecule has 0 unspecified atom stereocenters. The lowest BCUT2D eigenvalue weighted by Crippen LogP contribution is -2.38. The average Bonchev–Trinajstić information content (AvgIpc) is 2.40. The van der Waals surface area contributed by atoms with Crippen molar-refractivity contribution < 1.29 is 8.78 Å². The van der Waals surface area contributed by atoms with Gasteiger partial charge in [0.15, 0.2) is 17.6 Å². The number of guanidine groups is 1. The van der Waals surface area contributed by atoms with Crippen LogP contribution >= 0.6 is 0 Å². The predicted octanol–water partition coefficient (Wildman–Crippen LogP) is 2.47. The standard InChI is InChI=1S/C14H21F2N3/c1-3-9-18-14(17-4-2)19-10-8-11-6-5-7-12(15)13(11)16/h5-7H,3-4,8-10H2,1-2H3,(H2,17,18,19). The summed E-state index contributed by atoms with van der Waals surface area (Å²) < 4.78 is 26.4. The van der Waals surface area contributed by atoms with E-state index in [9.17, 15) is 8.78 Å². The van der Waals surface area contributed by atoms with Gasteiger partial charge in [-0.05, 0) is 31.4 Å². The van der Waals surface area contributed by atoms with E-state index in [1.807, 2.05) is 6.92 Å². The van der Waals surface area contributed by atoms with Gasteiger partial charge in [0.05, 0.1) is 0 Å². The van der Waals surface area contributed by atoms with Crippen LogP contribution in [0.3, 0.4) is 0 Å². The zero-order valence-corrected chi connectivity index (χ0v) is 11.5. The summed E-state index contributed by atoms with van der Waals surface area (Å²) in [5.41, 5.74) is 0.374. The van der Waals surface area contributed by atoms with Gasteiger partial charge in [-0.15, -0.1) is 0 Å². The highest BCUT2D eigenvalue weighted by Gasteiger charge is 2.07. The molecule has 19 heavy (non-hydrogen) atoms. The zero-order valence-electron chi connectivity index (χ0n) is 11.5. The van der Waals surface area contributed by atoms with E-state index in [1.54, 1.807) is 6.07 Å². The highest BCUT2D eigenvalue weighted by Crippen LogP contribution is 2.11. The first-order valence-corrected chi connectivity index (χ1v) is 6.64. The quantitative estimate of drug-likeness (QED) is 0.615. The van der Waals surface area contributed by atoms with Gasteiger partial charge in [-0.25, -0.2) is 8.78 Å². The van der Waals surface area contributed by atoms with Crippen molar-refractivity contribution in [1.29, 1.82) is 0 Å². The molecule has 0 aliphatic heterocycles. The Morgan fingerprint density at radius 3 is 2.68 bits per heavy atom. The van der Waals surface area contributed by atoms with E-state index in [4.69, 9.17) is 0 Å². The molecule has 1 aromatic rings. The Morgan fingerprint density at radius 1 is 1.21 bits per heavy atom. The molecule has 0 bridgehead atoms. The van der Waals surface area contributed by atoms with E-state index in [2.05, 4.69) is 22.5 Å². The van der Waals surface area contributed by atoms with E-state index in [1.165, 1.54) is 6.07 Å². The highest BCUT2D eigenvalue weighted by molar-refractivity contribution is 5.79. The number of rotatable bonds is 6. The second kappa shape index (κ2) is 8.45. The lowest BCUT2D eigenvalue weighted by molar-refractivity contribution is 0.498. The molecular weight excluding hydrogens is 248 g/mol. The summed E-state index contributed by atoms with van der Waals surface area (Å²) in [7, 11) is 0. The van der Waals surface area contributed by atoms with Crippen LogP contribution < -0.4 is 10.6 Å². The van der Waals surface area contributed by atoms with Crippen LogP contribution in [0.1, 0.15) is 25.8 Å². The predicted molar refractivity (Wildman–Crippen MR) is 74.3 cm³/mol. The first kappa shape index (κ1) is 15.4. The minimum Gasteiger partial charge on any atom is -0.357 e. The van der Waals surface area contributed by atoms with Gasteiger partial charge in [-0.2, -0.15) is 0 Å². The highest BCUT2D eigenvalue weighted by atomic mass is 19.2. The van der Waals surface area contributed by atoms with E-state index in [0.29, 0.717) is 24.5 Å². The van der Waals surface area contributed by atoms with Crippen LogP contribution in [0.4, 0.5) is 8.78 Å². The van der Waals surface area contributed by atoms with Crippen molar-refractivity contribution in [3.05, 3.63) is 35.4 Å². The number of nitrogens with one attached hydrogen (secondary N) is 2. The van der Waals surface area contributed by atoms with Crippen molar-refractivity contribution in [2.75, 3.05) is 19.6 Å². The summed E-state index contributed by atoms with van der Waals surface area (Å²) in [5, 5.41) is 6.20. The van der Waals surface area contributed by atoms with Crippen LogP contribution in [0.25, 0.3) is 0 Å². The number of aliphatic imine (C=N–C) groups is 1. The maximum Gasteiger partial charge on any atom is 0.191 e. The molecule has 0 atom stereocenters. The third kappa shape index (κ3) is 5.24. The fourth-order valence-corrected chi connectivity index (χ4v) is 1.62. The lowest BCUT2D eigenvalue weighted by Gasteiger charge is -2.11. The van der Waals surface area contributed by atoms with Gasteiger partial charge in [0.1, 0.15) is 0 Å². The molecule has 0 saturated heterocycles. The van der Waals surface area contributed by atoms with Crippen LogP contribution in [0.2, 0.25) is 0 Å². The van der Waals surface area contributed by atoms with Crippen molar-refractivity contribution >= 4 is 5.96 Å². The van der Waals surface area contributed by atoms with Crippen LogP contribution in [0.5, 0.6) is 0 Å². The molecule has 0 aliphatic carbocycles. The lowest BCUT2D eigenvalue weighted by atomic mass is 10.1. The molecule has 0 aliphatic rings. The molecule has 5 heteroatoms. The maximum absolute atomic E-state index is 13.4. The van der Waals surface area contributed by atoms with Crippen molar-refractivity contribution in [2.45, 2.75) is 26.7 Å². The molecule has 0 radical (unpaired) electrons. The fraction of sp³-hybridized carbons (Fsp3) is 0.500. The van der Waals surface area contributed by atoms with Gasteiger partial charge in [-0.1, -0.05) is 19.1 Å². The van der Waals surface area contributed by atoms with Crippen LogP contribution in [-0.4, -0.2) is 25.6 Å². The molecule has 0 saturated carbocycles. The zero-order chi connectivity index (χ0) is 14.1. The summed E-state index contributed by atoms with van der Waals surface area (Å²) >= 11 is 0. The summed E-state index contributed by atoms with van der Waals surface area (Å²) in [4.78, 5) is 4.33. The minimum atomic E-state index is -0.802. The smallest absolute Gasteiger partial charge is 0.191 e. The molecule has 1 rings (SSSR count). The molecule has 0 aromatic heterocycles. The Kier molecular flexibility index (Phi) is 6.85. The van der Waals surface area contributed by atoms with Crippen molar-refractivity contribution in [1.82, 2.24) is 10.6 Å². The number of benzene rings is 1. The number of halogens is 2. The molecular formula is C14H21F2N3. The van der Waals surface area contributed by atoms with Crippen molar-refractivity contribution in [3.8, 4) is 0 Å². The van der Waals surface area contributed by atoms with E-state index in [-0.39, 0.29) is 0 Å². The third-order valence-electron chi connectivity index (χ3n) is 2.56. The molecule has 0 fully saturated rings. The number of hydrogen-bond donors (Lipinski definition) is 2. The number of nitrogens with zero attached hydrogens (tertiary/aromatic N) is 1. The second-order valence-corrected chi connectivity index (χ2v) is 4.15. The molecule has 3 nitrogen and oxygen atoms in total. The van der Waals surface area contributed by atoms with Crippen LogP contribution in [0, 0.1) is 11.6 Å². The molecule has 106 valence electrons. The van der Waals surface area contributed by atoms with E-state index >= 15 is 0 Å². The Labute approximate surface area is 113 Å². The van der Waals surface area contributed by atoms with Gasteiger partial charge in [0.25, 0.3) is 0 Å². The van der Waals surface area contributed by atoms with Gasteiger partial charge >= 0.3 is 0 Å². The van der Waals surface area contributed by atoms with Crippen LogP contribution in [0.15, 0.2) is 23.2 Å². The minimum absolute atomic E-state index is 0.374. The maximum atomic E-state index is 13.4. The Balaban J connectivity index is 2.49. The first-order chi connectivity index (χ1) is 9.19. The SMILES string of the molecule is CCCN=C(NCC)NCCc1cccc(F)c1F. The van der Waals surface area contributed by atoms with Gasteiger partial charge in [-0.3, -0.25) is 4.99 Å². The summed E-state index contributed by atoms with van der Waals surface area (Å²) in [5.74, 6) is -0.856. The Morgan fingerprint density at radius 2 is 2.00 bits per heavy atom. The molecule has 0 heterocycles. The first-order valence-electron chi connectivity index (χ1n) is 6.64. The summed E-state index contributed by atoms with van der Waals surface area (Å²) in [6.07, 6.45) is 1.38. The summed E-state index contributed by atoms with van der Waals surface area (Å²) in [6, 6.07) is 4.24. The molecule has 0 amide bonds. The van der Waals surface area contributed by atoms with Gasteiger partial charge in [0.2, 0.25) is 0 Å². The normalized spacial score (nSPS) is 11.5. The monoisotopic (exact) mass is 269 g/mol. The molecule has 2 N–H and O–H groups in total. The van der Waals surface area contributed by atoms with Crippen molar-refractivity contribution in [2.24, 2.45) is 4.99 Å². The van der Waals surface area contributed by atoms with E-state index < -0.39 is 11.6 Å². The molecule has 1 aromatic carbocycles. The van der Waals surface area contributed by atoms with Crippen molar-refractivity contribution in [3.63, 3.8) is 0 Å². The number of hydrogen-bond acceptors (Lipinski definition) is 1. The Hall–Kier alpha value is -1.65. The molecule has 0 spiro atoms. The van der Waals surface area contributed by atoms with E-state index in [0.717, 1.165) is 25.6 Å². The topological polar surface area (TPSA) is 36.4 Å². The Bertz CT molecular complexity index is 419.